The molecule has 1 aromatic rings. The Kier molecular flexibility index (Phi) is 4.36. The maximum Gasteiger partial charge on any atom is 0.186 e. The lowest BCUT2D eigenvalue weighted by Gasteiger charge is -2.22. The van der Waals surface area contributed by atoms with E-state index in [1.54, 1.807) is 7.11 Å². The lowest BCUT2D eigenvalue weighted by atomic mass is 10.1. The quantitative estimate of drug-likeness (QED) is 0.751. The van der Waals surface area contributed by atoms with Crippen molar-refractivity contribution in [3.05, 3.63) is 23.8 Å². The minimum absolute atomic E-state index is 0.289. The summed E-state index contributed by atoms with van der Waals surface area (Å²) in [6, 6.07) is 7.80. The molecule has 1 saturated carbocycles. The van der Waals surface area contributed by atoms with Crippen molar-refractivity contribution in [1.29, 1.82) is 5.26 Å². The van der Waals surface area contributed by atoms with Gasteiger partial charge in [-0.3, -0.25) is 0 Å². The fourth-order valence-electron chi connectivity index (χ4n) is 1.84. The predicted molar refractivity (Wildman–Crippen MR) is 79.4 cm³/mol. The van der Waals surface area contributed by atoms with E-state index in [0.717, 1.165) is 18.4 Å². The predicted octanol–water partition coefficient (Wildman–Crippen LogP) is 3.65. The van der Waals surface area contributed by atoms with Crippen LogP contribution >= 0.6 is 0 Å². The highest BCUT2D eigenvalue weighted by Crippen LogP contribution is 2.36. The number of hydrogen-bond donors (Lipinski definition) is 0. The Morgan fingerprint density at radius 2 is 1.95 bits per heavy atom. The molecule has 0 saturated heterocycles. The molecule has 1 atom stereocenters. The van der Waals surface area contributed by atoms with Crippen LogP contribution in [0.2, 0.25) is 19.6 Å². The van der Waals surface area contributed by atoms with Crippen LogP contribution in [0.1, 0.15) is 24.5 Å². The molecule has 0 aliphatic heterocycles. The minimum atomic E-state index is -1.78. The van der Waals surface area contributed by atoms with Gasteiger partial charge in [-0.1, -0.05) is 6.07 Å². The molecule has 0 bridgehead atoms. The van der Waals surface area contributed by atoms with E-state index in [-0.39, 0.29) is 6.10 Å². The number of hydrogen-bond acceptors (Lipinski definition) is 4. The monoisotopic (exact) mass is 291 g/mol. The van der Waals surface area contributed by atoms with Crippen molar-refractivity contribution < 1.29 is 13.9 Å². The van der Waals surface area contributed by atoms with Gasteiger partial charge in [0, 0.05) is 0 Å². The Balaban J connectivity index is 2.24. The highest BCUT2D eigenvalue weighted by atomic mass is 28.4. The molecular weight excluding hydrogens is 270 g/mol. The van der Waals surface area contributed by atoms with E-state index < -0.39 is 14.4 Å². The number of rotatable bonds is 6. The van der Waals surface area contributed by atoms with E-state index in [1.165, 1.54) is 0 Å². The third-order valence-corrected chi connectivity index (χ3v) is 3.84. The van der Waals surface area contributed by atoms with E-state index in [1.807, 2.05) is 18.2 Å². The van der Waals surface area contributed by atoms with Gasteiger partial charge in [0.15, 0.2) is 25.9 Å². The van der Waals surface area contributed by atoms with Gasteiger partial charge in [-0.25, -0.2) is 0 Å². The normalized spacial score (nSPS) is 16.4. The zero-order valence-electron chi connectivity index (χ0n) is 12.5. The standard InChI is InChI=1S/C15H21NO3Si/c1-17-13-8-5-11(9-14(13)18-12-6-7-12)15(10-16)19-20(2,3)4/h5,8-9,12,15H,6-7H2,1-4H3. The first kappa shape index (κ1) is 14.9. The Morgan fingerprint density at radius 1 is 1.25 bits per heavy atom. The van der Waals surface area contributed by atoms with Gasteiger partial charge in [-0.15, -0.1) is 0 Å². The second-order valence-electron chi connectivity index (χ2n) is 5.97. The van der Waals surface area contributed by atoms with Crippen molar-refractivity contribution in [2.45, 2.75) is 44.7 Å². The maximum atomic E-state index is 9.33. The van der Waals surface area contributed by atoms with Gasteiger partial charge in [0.1, 0.15) is 0 Å². The molecule has 0 radical (unpaired) electrons. The molecule has 5 heteroatoms. The Morgan fingerprint density at radius 3 is 2.45 bits per heavy atom. The zero-order valence-corrected chi connectivity index (χ0v) is 13.5. The molecule has 1 aliphatic carbocycles. The molecule has 1 aromatic carbocycles. The van der Waals surface area contributed by atoms with Crippen LogP contribution in [0.5, 0.6) is 11.5 Å². The third-order valence-electron chi connectivity index (χ3n) is 2.90. The Bertz CT molecular complexity index is 515. The van der Waals surface area contributed by atoms with Crippen molar-refractivity contribution in [2.75, 3.05) is 7.11 Å². The molecule has 0 aromatic heterocycles. The number of nitriles is 1. The van der Waals surface area contributed by atoms with E-state index in [9.17, 15) is 5.26 Å². The van der Waals surface area contributed by atoms with Gasteiger partial charge in [0.2, 0.25) is 0 Å². The van der Waals surface area contributed by atoms with Crippen LogP contribution in [-0.4, -0.2) is 21.5 Å². The summed E-state index contributed by atoms with van der Waals surface area (Å²) in [7, 11) is -0.157. The van der Waals surface area contributed by atoms with Crippen LogP contribution in [0.3, 0.4) is 0 Å². The minimum Gasteiger partial charge on any atom is -0.493 e. The van der Waals surface area contributed by atoms with E-state index in [4.69, 9.17) is 13.9 Å². The van der Waals surface area contributed by atoms with Crippen LogP contribution in [-0.2, 0) is 4.43 Å². The van der Waals surface area contributed by atoms with Gasteiger partial charge in [-0.2, -0.15) is 5.26 Å². The lowest BCUT2D eigenvalue weighted by Crippen LogP contribution is -2.27. The van der Waals surface area contributed by atoms with E-state index in [0.29, 0.717) is 11.5 Å². The number of nitrogens with zero attached hydrogens (tertiary/aromatic N) is 1. The number of ether oxygens (including phenoxy) is 2. The summed E-state index contributed by atoms with van der Waals surface area (Å²) >= 11 is 0. The van der Waals surface area contributed by atoms with Crippen LogP contribution < -0.4 is 9.47 Å². The molecule has 0 amide bonds. The van der Waals surface area contributed by atoms with Crippen molar-refractivity contribution in [2.24, 2.45) is 0 Å². The SMILES string of the molecule is COc1ccc(C(C#N)O[Si](C)(C)C)cc1OC1CC1. The second kappa shape index (κ2) is 5.86. The smallest absolute Gasteiger partial charge is 0.186 e. The van der Waals surface area contributed by atoms with E-state index in [2.05, 4.69) is 25.7 Å². The maximum absolute atomic E-state index is 9.33. The molecule has 1 aliphatic rings. The Hall–Kier alpha value is -1.51. The molecule has 108 valence electrons. The second-order valence-corrected chi connectivity index (χ2v) is 10.4. The first-order chi connectivity index (χ1) is 9.43. The summed E-state index contributed by atoms with van der Waals surface area (Å²) in [5, 5.41) is 9.33. The van der Waals surface area contributed by atoms with Crippen molar-refractivity contribution in [3.8, 4) is 17.6 Å². The summed E-state index contributed by atoms with van der Waals surface area (Å²) in [6.07, 6.45) is 1.91. The summed E-state index contributed by atoms with van der Waals surface area (Å²) in [6.45, 7) is 6.22. The van der Waals surface area contributed by atoms with Crippen molar-refractivity contribution >= 4 is 8.32 Å². The van der Waals surface area contributed by atoms with Crippen molar-refractivity contribution in [3.63, 3.8) is 0 Å². The molecule has 2 rings (SSSR count). The van der Waals surface area contributed by atoms with Crippen LogP contribution in [0.25, 0.3) is 0 Å². The van der Waals surface area contributed by atoms with Gasteiger partial charge in [0.25, 0.3) is 0 Å². The van der Waals surface area contributed by atoms with Crippen molar-refractivity contribution in [1.82, 2.24) is 0 Å². The molecule has 4 nitrogen and oxygen atoms in total. The lowest BCUT2D eigenvalue weighted by molar-refractivity contribution is 0.251. The zero-order chi connectivity index (χ0) is 14.8. The number of benzene rings is 1. The highest BCUT2D eigenvalue weighted by molar-refractivity contribution is 6.69. The molecule has 0 spiro atoms. The summed E-state index contributed by atoms with van der Waals surface area (Å²) in [4.78, 5) is 0. The molecule has 0 heterocycles. The fraction of sp³-hybridized carbons (Fsp3) is 0.533. The molecule has 1 fully saturated rings. The van der Waals surface area contributed by atoms with Gasteiger partial charge in [0.05, 0.1) is 19.3 Å². The van der Waals surface area contributed by atoms with E-state index >= 15 is 0 Å². The number of methoxy groups -OCH3 is 1. The summed E-state index contributed by atoms with van der Waals surface area (Å²) in [5.74, 6) is 1.40. The third kappa shape index (κ3) is 3.99. The highest BCUT2D eigenvalue weighted by Gasteiger charge is 2.27. The fourth-order valence-corrected chi connectivity index (χ4v) is 2.73. The first-order valence-corrected chi connectivity index (χ1v) is 10.3. The van der Waals surface area contributed by atoms with Crippen LogP contribution in [0.15, 0.2) is 18.2 Å². The van der Waals surface area contributed by atoms with Crippen LogP contribution in [0.4, 0.5) is 0 Å². The van der Waals surface area contributed by atoms with Gasteiger partial charge >= 0.3 is 0 Å². The largest absolute Gasteiger partial charge is 0.493 e. The average Bonchev–Trinajstić information content (AvgIpc) is 3.19. The summed E-state index contributed by atoms with van der Waals surface area (Å²) < 4.78 is 17.0. The molecule has 20 heavy (non-hydrogen) atoms. The first-order valence-electron chi connectivity index (χ1n) is 6.85. The van der Waals surface area contributed by atoms with Gasteiger partial charge < -0.3 is 13.9 Å². The van der Waals surface area contributed by atoms with Crippen LogP contribution in [0, 0.1) is 11.3 Å². The Labute approximate surface area is 121 Å². The topological polar surface area (TPSA) is 51.5 Å². The molecular formula is C15H21NO3Si. The van der Waals surface area contributed by atoms with Gasteiger partial charge in [-0.05, 0) is 50.2 Å². The molecule has 1 unspecified atom stereocenters. The summed E-state index contributed by atoms with van der Waals surface area (Å²) in [5.41, 5.74) is 0.825. The average molecular weight is 291 g/mol. The molecule has 0 N–H and O–H groups in total.